The second-order valence-corrected chi connectivity index (χ2v) is 7.77. The summed E-state index contributed by atoms with van der Waals surface area (Å²) in [6, 6.07) is 8.74. The fourth-order valence-corrected chi connectivity index (χ4v) is 4.87. The molecule has 2 amide bonds. The molecule has 2 saturated heterocycles. The normalized spacial score (nSPS) is 25.5. The van der Waals surface area contributed by atoms with Crippen molar-refractivity contribution in [1.29, 1.82) is 0 Å². The Morgan fingerprint density at radius 1 is 1.08 bits per heavy atom. The minimum atomic E-state index is -0.244. The average Bonchev–Trinajstić information content (AvgIpc) is 2.89. The van der Waals surface area contributed by atoms with Crippen LogP contribution < -0.4 is 4.90 Å². The standard InChI is InChI=1S/C21H29N3O2/c1-2-20(25)24-12-6-5-10-19(24)21(26)22-11-7-13-23-17(15-22)14-16-8-3-4-9-18(16)23/h3-4,8-9,17,19H,2,5-7,10-15H2,1H3. The average molecular weight is 355 g/mol. The first-order chi connectivity index (χ1) is 12.7. The molecule has 3 aliphatic heterocycles. The monoisotopic (exact) mass is 355 g/mol. The van der Waals surface area contributed by atoms with Crippen molar-refractivity contribution in [2.75, 3.05) is 31.1 Å². The van der Waals surface area contributed by atoms with E-state index in [9.17, 15) is 9.59 Å². The van der Waals surface area contributed by atoms with E-state index in [1.165, 1.54) is 11.3 Å². The van der Waals surface area contributed by atoms with Gasteiger partial charge in [0, 0.05) is 38.3 Å². The molecule has 2 fully saturated rings. The number of carbonyl (C=O) groups excluding carboxylic acids is 2. The van der Waals surface area contributed by atoms with Gasteiger partial charge in [0.1, 0.15) is 6.04 Å². The molecule has 1 aromatic carbocycles. The Morgan fingerprint density at radius 2 is 1.92 bits per heavy atom. The van der Waals surface area contributed by atoms with Crippen LogP contribution in [0, 0.1) is 0 Å². The van der Waals surface area contributed by atoms with E-state index in [0.717, 1.165) is 58.3 Å². The second-order valence-electron chi connectivity index (χ2n) is 7.77. The second kappa shape index (κ2) is 7.29. The number of fused-ring (bicyclic) bond motifs is 3. The largest absolute Gasteiger partial charge is 0.366 e. The van der Waals surface area contributed by atoms with Crippen molar-refractivity contribution in [2.45, 2.75) is 57.5 Å². The third-order valence-electron chi connectivity index (χ3n) is 6.18. The highest BCUT2D eigenvalue weighted by molar-refractivity contribution is 5.88. The van der Waals surface area contributed by atoms with Gasteiger partial charge < -0.3 is 14.7 Å². The van der Waals surface area contributed by atoms with Gasteiger partial charge in [-0.1, -0.05) is 25.1 Å². The highest BCUT2D eigenvalue weighted by atomic mass is 16.2. The zero-order valence-electron chi connectivity index (χ0n) is 15.7. The van der Waals surface area contributed by atoms with E-state index in [1.54, 1.807) is 0 Å². The number of hydrogen-bond donors (Lipinski definition) is 0. The molecule has 2 atom stereocenters. The van der Waals surface area contributed by atoms with Crippen molar-refractivity contribution in [2.24, 2.45) is 0 Å². The minimum absolute atomic E-state index is 0.118. The van der Waals surface area contributed by atoms with Crippen LogP contribution in [0.5, 0.6) is 0 Å². The number of anilines is 1. The van der Waals surface area contributed by atoms with Crippen molar-refractivity contribution < 1.29 is 9.59 Å². The molecule has 0 saturated carbocycles. The van der Waals surface area contributed by atoms with Crippen LogP contribution in [0.25, 0.3) is 0 Å². The topological polar surface area (TPSA) is 43.9 Å². The summed E-state index contributed by atoms with van der Waals surface area (Å²) >= 11 is 0. The fourth-order valence-electron chi connectivity index (χ4n) is 4.87. The van der Waals surface area contributed by atoms with Crippen LogP contribution in [-0.2, 0) is 16.0 Å². The summed E-state index contributed by atoms with van der Waals surface area (Å²) in [6.45, 7) is 5.21. The maximum absolute atomic E-state index is 13.3. The molecule has 0 aromatic heterocycles. The van der Waals surface area contributed by atoms with Crippen LogP contribution in [0.1, 0.15) is 44.6 Å². The van der Waals surface area contributed by atoms with Crippen LogP contribution in [0.3, 0.4) is 0 Å². The quantitative estimate of drug-likeness (QED) is 0.818. The van der Waals surface area contributed by atoms with Gasteiger partial charge >= 0.3 is 0 Å². The molecule has 4 rings (SSSR count). The van der Waals surface area contributed by atoms with Crippen LogP contribution in [-0.4, -0.2) is 59.9 Å². The van der Waals surface area contributed by atoms with Gasteiger partial charge in [0.2, 0.25) is 11.8 Å². The molecular weight excluding hydrogens is 326 g/mol. The number of amides is 2. The first-order valence-corrected chi connectivity index (χ1v) is 10.1. The molecule has 0 radical (unpaired) electrons. The number of hydrogen-bond acceptors (Lipinski definition) is 3. The van der Waals surface area contributed by atoms with E-state index in [4.69, 9.17) is 0 Å². The van der Waals surface area contributed by atoms with Crippen LogP contribution in [0.2, 0.25) is 0 Å². The zero-order valence-corrected chi connectivity index (χ0v) is 15.7. The molecule has 5 heteroatoms. The van der Waals surface area contributed by atoms with Crippen LogP contribution >= 0.6 is 0 Å². The predicted molar refractivity (Wildman–Crippen MR) is 102 cm³/mol. The van der Waals surface area contributed by atoms with Crippen molar-refractivity contribution in [1.82, 2.24) is 9.80 Å². The Hall–Kier alpha value is -2.04. The number of carbonyl (C=O) groups is 2. The highest BCUT2D eigenvalue weighted by Crippen LogP contribution is 2.34. The van der Waals surface area contributed by atoms with Crippen LogP contribution in [0.4, 0.5) is 5.69 Å². The number of piperidine rings is 1. The maximum atomic E-state index is 13.3. The van der Waals surface area contributed by atoms with Gasteiger partial charge in [-0.05, 0) is 43.7 Å². The lowest BCUT2D eigenvalue weighted by Crippen LogP contribution is -2.54. The van der Waals surface area contributed by atoms with E-state index >= 15 is 0 Å². The molecule has 3 heterocycles. The van der Waals surface area contributed by atoms with Gasteiger partial charge in [0.05, 0.1) is 6.04 Å². The molecule has 0 spiro atoms. The minimum Gasteiger partial charge on any atom is -0.366 e. The van der Waals surface area contributed by atoms with E-state index in [1.807, 2.05) is 16.7 Å². The Morgan fingerprint density at radius 3 is 2.77 bits per heavy atom. The summed E-state index contributed by atoms with van der Waals surface area (Å²) in [5.41, 5.74) is 2.74. The number of rotatable bonds is 2. The number of benzene rings is 1. The summed E-state index contributed by atoms with van der Waals surface area (Å²) < 4.78 is 0. The zero-order chi connectivity index (χ0) is 18.1. The summed E-state index contributed by atoms with van der Waals surface area (Å²) in [7, 11) is 0. The molecule has 0 N–H and O–H groups in total. The smallest absolute Gasteiger partial charge is 0.245 e. The van der Waals surface area contributed by atoms with Gasteiger partial charge in [0.15, 0.2) is 0 Å². The van der Waals surface area contributed by atoms with Crippen molar-refractivity contribution in [3.05, 3.63) is 29.8 Å². The first kappa shape index (κ1) is 17.4. The molecule has 26 heavy (non-hydrogen) atoms. The van der Waals surface area contributed by atoms with Gasteiger partial charge in [-0.3, -0.25) is 9.59 Å². The first-order valence-electron chi connectivity index (χ1n) is 10.1. The molecule has 1 aromatic rings. The lowest BCUT2D eigenvalue weighted by Gasteiger charge is -2.38. The lowest BCUT2D eigenvalue weighted by atomic mass is 10.00. The summed E-state index contributed by atoms with van der Waals surface area (Å²) in [5.74, 6) is 0.289. The molecule has 5 nitrogen and oxygen atoms in total. The third-order valence-corrected chi connectivity index (χ3v) is 6.18. The predicted octanol–water partition coefficient (Wildman–Crippen LogP) is 2.44. The van der Waals surface area contributed by atoms with E-state index in [2.05, 4.69) is 29.2 Å². The van der Waals surface area contributed by atoms with Gasteiger partial charge in [-0.25, -0.2) is 0 Å². The molecule has 2 unspecified atom stereocenters. The summed E-state index contributed by atoms with van der Waals surface area (Å²) in [6.07, 6.45) is 5.36. The van der Waals surface area contributed by atoms with E-state index in [-0.39, 0.29) is 17.9 Å². The molecule has 0 aliphatic carbocycles. The van der Waals surface area contributed by atoms with E-state index in [0.29, 0.717) is 12.5 Å². The van der Waals surface area contributed by atoms with Gasteiger partial charge in [-0.15, -0.1) is 0 Å². The van der Waals surface area contributed by atoms with E-state index < -0.39 is 0 Å². The Bertz CT molecular complexity index is 690. The van der Waals surface area contributed by atoms with Crippen molar-refractivity contribution in [3.63, 3.8) is 0 Å². The van der Waals surface area contributed by atoms with Crippen molar-refractivity contribution >= 4 is 17.5 Å². The van der Waals surface area contributed by atoms with Gasteiger partial charge in [0.25, 0.3) is 0 Å². The highest BCUT2D eigenvalue weighted by Gasteiger charge is 2.38. The number of para-hydroxylation sites is 1. The molecule has 140 valence electrons. The Balaban J connectivity index is 1.50. The Labute approximate surface area is 155 Å². The molecule has 0 bridgehead atoms. The summed E-state index contributed by atoms with van der Waals surface area (Å²) in [5, 5.41) is 0. The molecule has 3 aliphatic rings. The lowest BCUT2D eigenvalue weighted by molar-refractivity contribution is -0.147. The van der Waals surface area contributed by atoms with Crippen LogP contribution in [0.15, 0.2) is 24.3 Å². The fraction of sp³-hybridized carbons (Fsp3) is 0.619. The van der Waals surface area contributed by atoms with Gasteiger partial charge in [-0.2, -0.15) is 0 Å². The maximum Gasteiger partial charge on any atom is 0.245 e. The molecular formula is C21H29N3O2. The summed E-state index contributed by atoms with van der Waals surface area (Å²) in [4.78, 5) is 32.0. The SMILES string of the molecule is CCC(=O)N1CCCCC1C(=O)N1CCCN2c3ccccc3CC2C1. The Kier molecular flexibility index (Phi) is 4.88. The third kappa shape index (κ3) is 3.08. The number of nitrogens with zero attached hydrogens (tertiary/aromatic N) is 3. The van der Waals surface area contributed by atoms with Crippen molar-refractivity contribution in [3.8, 4) is 0 Å². The number of likely N-dealkylation sites (tertiary alicyclic amines) is 1.